The number of carboxylic acid groups (broad SMARTS) is 1. The monoisotopic (exact) mass is 386 g/mol. The maximum atomic E-state index is 11.5. The second-order valence-electron chi connectivity index (χ2n) is 4.79. The van der Waals surface area contributed by atoms with Crippen molar-refractivity contribution in [2.75, 3.05) is 0 Å². The maximum absolute atomic E-state index is 11.5. The number of hydrogen-bond donors (Lipinski definition) is 1. The molecule has 0 aliphatic heterocycles. The molecule has 0 saturated carbocycles. The molecule has 4 nitrogen and oxygen atoms in total. The number of rotatable bonds is 5. The van der Waals surface area contributed by atoms with E-state index >= 15 is 0 Å². The molecule has 1 N–H and O–H groups in total. The van der Waals surface area contributed by atoms with E-state index in [0.29, 0.717) is 22.3 Å². The highest BCUT2D eigenvalue weighted by atomic mass is 79.9. The fourth-order valence-corrected chi connectivity index (χ4v) is 4.61. The predicted octanol–water partition coefficient (Wildman–Crippen LogP) is 4.72. The Bertz CT molecular complexity index is 671. The lowest BCUT2D eigenvalue weighted by atomic mass is 10.2. The number of halogens is 1. The van der Waals surface area contributed by atoms with Crippen LogP contribution in [-0.2, 0) is 5.75 Å². The number of aryl methyl sites for hydroxylation is 1. The van der Waals surface area contributed by atoms with Gasteiger partial charge in [0.1, 0.15) is 16.4 Å². The molecular weight excluding hydrogens is 372 g/mol. The van der Waals surface area contributed by atoms with Gasteiger partial charge in [0.2, 0.25) is 0 Å². The van der Waals surface area contributed by atoms with E-state index in [2.05, 4.69) is 25.9 Å². The van der Waals surface area contributed by atoms with Gasteiger partial charge in [-0.15, -0.1) is 11.3 Å². The molecule has 0 bridgehead atoms. The van der Waals surface area contributed by atoms with Crippen molar-refractivity contribution < 1.29 is 9.90 Å². The standard InChI is InChI=1S/C14H15BrN2O2S2/c1-7(2)12-16-8(3)11(14(18)19)13(17-12)21-6-10-9(15)4-5-20-10/h4-5,7H,6H2,1-3H3,(H,18,19). The van der Waals surface area contributed by atoms with Crippen LogP contribution in [0.5, 0.6) is 0 Å². The lowest BCUT2D eigenvalue weighted by molar-refractivity contribution is 0.0690. The number of carboxylic acids is 1. The number of aromatic carboxylic acids is 1. The molecule has 0 aromatic carbocycles. The Kier molecular flexibility index (Phi) is 5.40. The summed E-state index contributed by atoms with van der Waals surface area (Å²) in [6, 6.07) is 1.99. The van der Waals surface area contributed by atoms with E-state index < -0.39 is 5.97 Å². The first-order chi connectivity index (χ1) is 9.90. The van der Waals surface area contributed by atoms with Crippen LogP contribution in [0.3, 0.4) is 0 Å². The Balaban J connectivity index is 2.35. The van der Waals surface area contributed by atoms with Gasteiger partial charge in [-0.05, 0) is 34.3 Å². The predicted molar refractivity (Wildman–Crippen MR) is 89.4 cm³/mol. The van der Waals surface area contributed by atoms with E-state index in [4.69, 9.17) is 0 Å². The summed E-state index contributed by atoms with van der Waals surface area (Å²) in [4.78, 5) is 21.4. The van der Waals surface area contributed by atoms with Crippen molar-refractivity contribution in [3.05, 3.63) is 37.9 Å². The number of nitrogens with zero attached hydrogens (tertiary/aromatic N) is 2. The van der Waals surface area contributed by atoms with Crippen molar-refractivity contribution >= 4 is 45.0 Å². The highest BCUT2D eigenvalue weighted by Crippen LogP contribution is 2.32. The molecule has 0 radical (unpaired) electrons. The van der Waals surface area contributed by atoms with Crippen LogP contribution in [0.25, 0.3) is 0 Å². The molecule has 0 spiro atoms. The smallest absolute Gasteiger partial charge is 0.340 e. The van der Waals surface area contributed by atoms with Gasteiger partial charge in [0, 0.05) is 21.0 Å². The number of aromatic nitrogens is 2. The minimum atomic E-state index is -0.976. The van der Waals surface area contributed by atoms with Crippen molar-refractivity contribution in [2.45, 2.75) is 37.5 Å². The van der Waals surface area contributed by atoms with E-state index in [-0.39, 0.29) is 11.5 Å². The zero-order valence-electron chi connectivity index (χ0n) is 11.9. The number of thiophene rings is 1. The molecule has 0 aliphatic rings. The summed E-state index contributed by atoms with van der Waals surface area (Å²) in [7, 11) is 0. The quantitative estimate of drug-likeness (QED) is 0.594. The highest BCUT2D eigenvalue weighted by molar-refractivity contribution is 9.10. The fraction of sp³-hybridized carbons (Fsp3) is 0.357. The lowest BCUT2D eigenvalue weighted by Crippen LogP contribution is -2.10. The van der Waals surface area contributed by atoms with Crippen molar-refractivity contribution in [3.8, 4) is 0 Å². The van der Waals surface area contributed by atoms with Crippen LogP contribution < -0.4 is 0 Å². The van der Waals surface area contributed by atoms with Crippen LogP contribution in [-0.4, -0.2) is 21.0 Å². The summed E-state index contributed by atoms with van der Waals surface area (Å²) < 4.78 is 1.05. The first-order valence-corrected chi connectivity index (χ1v) is 9.02. The molecule has 0 fully saturated rings. The van der Waals surface area contributed by atoms with Gasteiger partial charge in [0.05, 0.1) is 5.69 Å². The molecule has 0 aliphatic carbocycles. The Morgan fingerprint density at radius 2 is 2.19 bits per heavy atom. The molecule has 0 saturated heterocycles. The van der Waals surface area contributed by atoms with Crippen LogP contribution in [0.2, 0.25) is 0 Å². The normalized spacial score (nSPS) is 11.1. The van der Waals surface area contributed by atoms with Gasteiger partial charge < -0.3 is 5.11 Å². The third-order valence-electron chi connectivity index (χ3n) is 2.84. The van der Waals surface area contributed by atoms with E-state index in [1.54, 1.807) is 18.3 Å². The van der Waals surface area contributed by atoms with Gasteiger partial charge in [-0.3, -0.25) is 0 Å². The molecule has 2 rings (SSSR count). The van der Waals surface area contributed by atoms with Crippen molar-refractivity contribution in [1.29, 1.82) is 0 Å². The minimum Gasteiger partial charge on any atom is -0.478 e. The van der Waals surface area contributed by atoms with Gasteiger partial charge in [0.15, 0.2) is 0 Å². The summed E-state index contributed by atoms with van der Waals surface area (Å²) in [5.41, 5.74) is 0.728. The van der Waals surface area contributed by atoms with Crippen molar-refractivity contribution in [1.82, 2.24) is 9.97 Å². The molecule has 7 heteroatoms. The summed E-state index contributed by atoms with van der Waals surface area (Å²) >= 11 is 6.57. The van der Waals surface area contributed by atoms with Gasteiger partial charge >= 0.3 is 5.97 Å². The summed E-state index contributed by atoms with van der Waals surface area (Å²) in [6.07, 6.45) is 0. The zero-order valence-corrected chi connectivity index (χ0v) is 15.1. The summed E-state index contributed by atoms with van der Waals surface area (Å²) in [5.74, 6) is 0.562. The average molecular weight is 387 g/mol. The Hall–Kier alpha value is -0.920. The number of hydrogen-bond acceptors (Lipinski definition) is 5. The van der Waals surface area contributed by atoms with Gasteiger partial charge in [-0.25, -0.2) is 14.8 Å². The molecule has 2 aromatic heterocycles. The molecule has 21 heavy (non-hydrogen) atoms. The molecule has 0 unspecified atom stereocenters. The molecular formula is C14H15BrN2O2S2. The summed E-state index contributed by atoms with van der Waals surface area (Å²) in [5, 5.41) is 11.9. The van der Waals surface area contributed by atoms with E-state index in [0.717, 1.165) is 4.47 Å². The van der Waals surface area contributed by atoms with Gasteiger partial charge in [0.25, 0.3) is 0 Å². The van der Waals surface area contributed by atoms with Crippen LogP contribution >= 0.6 is 39.0 Å². The number of thioether (sulfide) groups is 1. The van der Waals surface area contributed by atoms with E-state index in [1.807, 2.05) is 25.3 Å². The lowest BCUT2D eigenvalue weighted by Gasteiger charge is -2.11. The largest absolute Gasteiger partial charge is 0.478 e. The van der Waals surface area contributed by atoms with E-state index in [9.17, 15) is 9.90 Å². The SMILES string of the molecule is Cc1nc(C(C)C)nc(SCc2sccc2Br)c1C(=O)O. The first kappa shape index (κ1) is 16.5. The topological polar surface area (TPSA) is 63.1 Å². The van der Waals surface area contributed by atoms with E-state index in [1.165, 1.54) is 16.6 Å². The van der Waals surface area contributed by atoms with Gasteiger partial charge in [-0.1, -0.05) is 25.6 Å². The van der Waals surface area contributed by atoms with Crippen LogP contribution in [0.1, 0.15) is 46.5 Å². The van der Waals surface area contributed by atoms with Crippen molar-refractivity contribution in [2.24, 2.45) is 0 Å². The Morgan fingerprint density at radius 1 is 1.48 bits per heavy atom. The number of carbonyl (C=O) groups is 1. The third kappa shape index (κ3) is 3.84. The second kappa shape index (κ2) is 6.89. The first-order valence-electron chi connectivity index (χ1n) is 6.36. The zero-order chi connectivity index (χ0) is 15.6. The molecule has 2 heterocycles. The Morgan fingerprint density at radius 3 is 2.71 bits per heavy atom. The summed E-state index contributed by atoms with van der Waals surface area (Å²) in [6.45, 7) is 5.72. The average Bonchev–Trinajstić information content (AvgIpc) is 2.80. The highest BCUT2D eigenvalue weighted by Gasteiger charge is 2.19. The second-order valence-corrected chi connectivity index (χ2v) is 7.61. The molecule has 0 amide bonds. The molecule has 112 valence electrons. The molecule has 2 aromatic rings. The minimum absolute atomic E-state index is 0.166. The van der Waals surface area contributed by atoms with Crippen LogP contribution in [0.4, 0.5) is 0 Å². The fourth-order valence-electron chi connectivity index (χ4n) is 1.74. The molecule has 0 atom stereocenters. The Labute approximate surface area is 140 Å². The van der Waals surface area contributed by atoms with Crippen LogP contribution in [0, 0.1) is 6.92 Å². The van der Waals surface area contributed by atoms with Crippen LogP contribution in [0.15, 0.2) is 20.9 Å². The third-order valence-corrected chi connectivity index (χ3v) is 5.95. The maximum Gasteiger partial charge on any atom is 0.340 e. The van der Waals surface area contributed by atoms with Crippen molar-refractivity contribution in [3.63, 3.8) is 0 Å². The van der Waals surface area contributed by atoms with Gasteiger partial charge in [-0.2, -0.15) is 0 Å².